The van der Waals surface area contributed by atoms with Gasteiger partial charge in [-0.15, -0.1) is 0 Å². The van der Waals surface area contributed by atoms with Crippen LogP contribution in [0.5, 0.6) is 5.75 Å². The topological polar surface area (TPSA) is 59.0 Å². The van der Waals surface area contributed by atoms with Crippen LogP contribution in [-0.4, -0.2) is 54.6 Å². The fourth-order valence-electron chi connectivity index (χ4n) is 6.74. The number of ether oxygens (including phenoxy) is 2. The summed E-state index contributed by atoms with van der Waals surface area (Å²) in [4.78, 5) is 13.2. The molecule has 0 radical (unpaired) electrons. The molecule has 1 N–H and O–H groups in total. The van der Waals surface area contributed by atoms with Gasteiger partial charge in [0.2, 0.25) is 0 Å². The molecule has 1 aliphatic carbocycles. The van der Waals surface area contributed by atoms with E-state index in [1.807, 2.05) is 29.2 Å². The Hall–Kier alpha value is -2.91. The van der Waals surface area contributed by atoms with Gasteiger partial charge in [-0.3, -0.25) is 9.69 Å². The van der Waals surface area contributed by atoms with Crippen LogP contribution in [0.3, 0.4) is 0 Å². The maximum atomic E-state index is 14.8. The molecule has 0 saturated carbocycles. The highest BCUT2D eigenvalue weighted by Crippen LogP contribution is 2.45. The Labute approximate surface area is 258 Å². The van der Waals surface area contributed by atoms with Crippen LogP contribution in [-0.2, 0) is 21.5 Å². The summed E-state index contributed by atoms with van der Waals surface area (Å²) in [5.74, 6) is -1.37. The average Bonchev–Trinajstić information content (AvgIpc) is 2.95. The second kappa shape index (κ2) is 13.2. The van der Waals surface area contributed by atoms with Gasteiger partial charge >= 0.3 is 12.1 Å². The minimum absolute atomic E-state index is 0.121. The van der Waals surface area contributed by atoms with Crippen LogP contribution in [0.15, 0.2) is 54.4 Å². The Kier molecular flexibility index (Phi) is 10.2. The first kappa shape index (κ1) is 34.0. The van der Waals surface area contributed by atoms with Crippen molar-refractivity contribution in [1.29, 1.82) is 0 Å². The summed E-state index contributed by atoms with van der Waals surface area (Å²) in [6.45, 7) is 7.74. The van der Waals surface area contributed by atoms with Gasteiger partial charge in [-0.25, -0.2) is 4.39 Å². The Morgan fingerprint density at radius 3 is 2.30 bits per heavy atom. The van der Waals surface area contributed by atoms with E-state index in [1.54, 1.807) is 19.2 Å². The summed E-state index contributed by atoms with van der Waals surface area (Å²) in [7, 11) is 1.62. The second-order valence-corrected chi connectivity index (χ2v) is 13.7. The van der Waals surface area contributed by atoms with Crippen molar-refractivity contribution < 1.29 is 36.9 Å². The first-order chi connectivity index (χ1) is 20.5. The van der Waals surface area contributed by atoms with Crippen LogP contribution >= 0.6 is 0 Å². The monoisotopic (exact) mass is 619 g/mol. The van der Waals surface area contributed by atoms with E-state index >= 15 is 0 Å². The normalized spacial score (nSPS) is 22.7. The molecule has 0 amide bonds. The Balaban J connectivity index is 1.58. The summed E-state index contributed by atoms with van der Waals surface area (Å²) >= 11 is 0. The molecular weight excluding hydrogens is 574 g/mol. The summed E-state index contributed by atoms with van der Waals surface area (Å²) in [5, 5.41) is 9.24. The van der Waals surface area contributed by atoms with Crippen LogP contribution in [0.4, 0.5) is 17.6 Å². The zero-order valence-electron chi connectivity index (χ0n) is 26.4. The number of rotatable bonds is 11. The molecule has 5 nitrogen and oxygen atoms in total. The van der Waals surface area contributed by atoms with Crippen molar-refractivity contribution in [2.24, 2.45) is 11.3 Å². The van der Waals surface area contributed by atoms with Gasteiger partial charge in [-0.05, 0) is 101 Å². The molecular formula is C35H45F4NO4. The third kappa shape index (κ3) is 8.02. The predicted octanol–water partition coefficient (Wildman–Crippen LogP) is 8.57. The summed E-state index contributed by atoms with van der Waals surface area (Å²) in [6, 6.07) is 15.2. The van der Waals surface area contributed by atoms with E-state index in [-0.39, 0.29) is 24.0 Å². The van der Waals surface area contributed by atoms with Crippen LogP contribution in [0.25, 0.3) is 5.57 Å². The van der Waals surface area contributed by atoms with E-state index in [9.17, 15) is 27.5 Å². The number of nitrogens with zero attached hydrogens (tertiary/aromatic N) is 1. The molecule has 4 rings (SSSR count). The highest BCUT2D eigenvalue weighted by Gasteiger charge is 2.48. The number of alkyl halides is 3. The second-order valence-electron chi connectivity index (χ2n) is 13.7. The van der Waals surface area contributed by atoms with Crippen molar-refractivity contribution in [3.8, 4) is 5.75 Å². The van der Waals surface area contributed by atoms with Gasteiger partial charge in [0.05, 0.1) is 24.0 Å². The molecule has 0 aromatic heterocycles. The molecule has 1 heterocycles. The molecule has 0 bridgehead atoms. The molecule has 242 valence electrons. The number of allylic oxidation sites excluding steroid dienone is 2. The van der Waals surface area contributed by atoms with Crippen LogP contribution in [0.2, 0.25) is 0 Å². The zero-order chi connectivity index (χ0) is 32.3. The number of methoxy groups -OCH3 is 1. The highest BCUT2D eigenvalue weighted by molar-refractivity contribution is 5.75. The lowest BCUT2D eigenvalue weighted by atomic mass is 9.67. The molecule has 44 heavy (non-hydrogen) atoms. The number of carboxylic acid groups (broad SMARTS) is 1. The third-order valence-corrected chi connectivity index (χ3v) is 9.39. The molecule has 2 aromatic carbocycles. The SMILES string of the molecule is COc1ccc([C@]2(CCN(Cc3ccc(C4=C(F)CC(C(=O)O)CC4)cc3)CC(C)(C)C(F)(F)F)CCOC(C)(C)C2)cc1. The number of hydrogen-bond donors (Lipinski definition) is 1. The summed E-state index contributed by atoms with van der Waals surface area (Å²) in [5.41, 5.74) is 0.563. The molecule has 1 unspecified atom stereocenters. The molecule has 2 aromatic rings. The van der Waals surface area contributed by atoms with Crippen molar-refractivity contribution in [3.63, 3.8) is 0 Å². The average molecular weight is 620 g/mol. The van der Waals surface area contributed by atoms with E-state index in [2.05, 4.69) is 26.0 Å². The lowest BCUT2D eigenvalue weighted by molar-refractivity contribution is -0.217. The zero-order valence-corrected chi connectivity index (χ0v) is 26.4. The minimum Gasteiger partial charge on any atom is -0.497 e. The summed E-state index contributed by atoms with van der Waals surface area (Å²) in [6.07, 6.45) is -1.63. The van der Waals surface area contributed by atoms with Gasteiger partial charge in [-0.1, -0.05) is 36.4 Å². The Bertz CT molecular complexity index is 1320. The van der Waals surface area contributed by atoms with Gasteiger partial charge in [0.15, 0.2) is 0 Å². The van der Waals surface area contributed by atoms with Gasteiger partial charge in [0.25, 0.3) is 0 Å². The number of aliphatic carboxylic acids is 1. The number of carbonyl (C=O) groups is 1. The van der Waals surface area contributed by atoms with Crippen molar-refractivity contribution in [2.75, 3.05) is 26.8 Å². The van der Waals surface area contributed by atoms with Crippen molar-refractivity contribution in [2.45, 2.75) is 90.0 Å². The molecule has 1 aliphatic heterocycles. The third-order valence-electron chi connectivity index (χ3n) is 9.39. The number of halogens is 4. The lowest BCUT2D eigenvalue weighted by Crippen LogP contribution is -2.47. The smallest absolute Gasteiger partial charge is 0.395 e. The highest BCUT2D eigenvalue weighted by atomic mass is 19.4. The van der Waals surface area contributed by atoms with Gasteiger partial charge in [-0.2, -0.15) is 13.2 Å². The van der Waals surface area contributed by atoms with Gasteiger partial charge in [0, 0.05) is 31.5 Å². The van der Waals surface area contributed by atoms with Crippen LogP contribution in [0.1, 0.15) is 82.9 Å². The fraction of sp³-hybridized carbons (Fsp3) is 0.571. The standard InChI is InChI=1S/C35H45F4NO4/c1-32(2,35(37,38)39)23-40(21-24-6-8-25(9-7-24)29-15-10-26(31(41)42)20-30(29)36)18-16-34(17-19-44-33(3,4)22-34)27-11-13-28(43-5)14-12-27/h6-9,11-14,26H,10,15-23H2,1-5H3,(H,41,42)/t26?,34-/m1/s1. The quantitative estimate of drug-likeness (QED) is 0.256. The maximum Gasteiger partial charge on any atom is 0.395 e. The minimum atomic E-state index is -4.37. The van der Waals surface area contributed by atoms with E-state index in [4.69, 9.17) is 9.47 Å². The van der Waals surface area contributed by atoms with E-state index in [0.29, 0.717) is 50.1 Å². The van der Waals surface area contributed by atoms with Crippen molar-refractivity contribution >= 4 is 11.5 Å². The first-order valence-corrected chi connectivity index (χ1v) is 15.3. The van der Waals surface area contributed by atoms with E-state index in [0.717, 1.165) is 29.7 Å². The lowest BCUT2D eigenvalue weighted by Gasteiger charge is -2.46. The van der Waals surface area contributed by atoms with Crippen LogP contribution in [0, 0.1) is 11.3 Å². The predicted molar refractivity (Wildman–Crippen MR) is 163 cm³/mol. The van der Waals surface area contributed by atoms with Gasteiger partial charge < -0.3 is 14.6 Å². The van der Waals surface area contributed by atoms with Gasteiger partial charge in [0.1, 0.15) is 11.6 Å². The molecule has 2 atom stereocenters. The first-order valence-electron chi connectivity index (χ1n) is 15.3. The number of carboxylic acids is 1. The molecule has 1 saturated heterocycles. The molecule has 2 aliphatic rings. The molecule has 9 heteroatoms. The van der Waals surface area contributed by atoms with Crippen LogP contribution < -0.4 is 4.74 Å². The Morgan fingerprint density at radius 1 is 1.09 bits per heavy atom. The summed E-state index contributed by atoms with van der Waals surface area (Å²) < 4.78 is 68.4. The largest absolute Gasteiger partial charge is 0.497 e. The van der Waals surface area contributed by atoms with Crippen molar-refractivity contribution in [1.82, 2.24) is 4.90 Å². The number of hydrogen-bond acceptors (Lipinski definition) is 4. The van der Waals surface area contributed by atoms with E-state index in [1.165, 1.54) is 13.8 Å². The maximum absolute atomic E-state index is 14.8. The van der Waals surface area contributed by atoms with E-state index < -0.39 is 29.3 Å². The molecule has 0 spiro atoms. The molecule has 1 fully saturated rings. The number of benzene rings is 2. The Morgan fingerprint density at radius 2 is 1.75 bits per heavy atom. The van der Waals surface area contributed by atoms with Crippen molar-refractivity contribution in [3.05, 3.63) is 71.0 Å². The fourth-order valence-corrected chi connectivity index (χ4v) is 6.74.